The first-order valence-corrected chi connectivity index (χ1v) is 11.1. The van der Waals surface area contributed by atoms with Gasteiger partial charge in [-0.25, -0.2) is 4.98 Å². The third-order valence-electron chi connectivity index (χ3n) is 4.86. The van der Waals surface area contributed by atoms with Crippen molar-refractivity contribution >= 4 is 34.0 Å². The lowest BCUT2D eigenvalue weighted by Gasteiger charge is -2.13. The van der Waals surface area contributed by atoms with Gasteiger partial charge in [0.2, 0.25) is 0 Å². The van der Waals surface area contributed by atoms with Crippen LogP contribution in [0.5, 0.6) is 0 Å². The van der Waals surface area contributed by atoms with Crippen molar-refractivity contribution in [1.29, 1.82) is 0 Å². The highest BCUT2D eigenvalue weighted by Gasteiger charge is 2.30. The first-order chi connectivity index (χ1) is 13.7. The summed E-state index contributed by atoms with van der Waals surface area (Å²) < 4.78 is 2.28. The molecule has 4 aromatic rings. The Kier molecular flexibility index (Phi) is 4.52. The fourth-order valence-corrected chi connectivity index (χ4v) is 4.98. The molecular weight excluding hydrogens is 390 g/mol. The molecule has 0 saturated heterocycles. The Hall–Kier alpha value is -2.45. The van der Waals surface area contributed by atoms with E-state index in [2.05, 4.69) is 42.2 Å². The minimum absolute atomic E-state index is 0.0337. The average Bonchev–Trinajstić information content (AvgIpc) is 3.26. The fraction of sp³-hybridized carbons (Fsp3) is 0.300. The quantitative estimate of drug-likeness (QED) is 0.479. The number of hydrogen-bond acceptors (Lipinski definition) is 6. The Morgan fingerprint density at radius 3 is 2.89 bits per heavy atom. The Morgan fingerprint density at radius 2 is 2.11 bits per heavy atom. The minimum atomic E-state index is -0.102. The smallest absolute Gasteiger partial charge is 0.258 e. The van der Waals surface area contributed by atoms with Crippen molar-refractivity contribution in [3.05, 3.63) is 68.7 Å². The van der Waals surface area contributed by atoms with Crippen LogP contribution in [0.2, 0.25) is 0 Å². The molecule has 1 fully saturated rings. The second-order valence-corrected chi connectivity index (χ2v) is 9.32. The zero-order chi connectivity index (χ0) is 19.1. The van der Waals surface area contributed by atoms with Gasteiger partial charge in [-0.15, -0.1) is 21.5 Å². The number of nitrogens with zero attached hydrogens (tertiary/aromatic N) is 4. The van der Waals surface area contributed by atoms with Gasteiger partial charge in [0, 0.05) is 17.3 Å². The van der Waals surface area contributed by atoms with Crippen LogP contribution in [-0.4, -0.2) is 24.7 Å². The largest absolute Gasteiger partial charge is 0.309 e. The van der Waals surface area contributed by atoms with Crippen LogP contribution in [0.25, 0.3) is 10.9 Å². The van der Waals surface area contributed by atoms with Gasteiger partial charge >= 0.3 is 0 Å². The molecule has 3 heterocycles. The van der Waals surface area contributed by atoms with E-state index in [0.717, 1.165) is 22.9 Å². The molecule has 1 atom stereocenters. The number of aromatic amines is 1. The molecule has 5 rings (SSSR count). The van der Waals surface area contributed by atoms with Gasteiger partial charge in [0.25, 0.3) is 5.56 Å². The van der Waals surface area contributed by atoms with Crippen molar-refractivity contribution in [2.75, 3.05) is 0 Å². The maximum atomic E-state index is 12.4. The Balaban J connectivity index is 1.44. The molecule has 0 amide bonds. The van der Waals surface area contributed by atoms with Crippen LogP contribution in [0.15, 0.2) is 51.7 Å². The predicted molar refractivity (Wildman–Crippen MR) is 112 cm³/mol. The molecular formula is C20H19N5OS2. The van der Waals surface area contributed by atoms with Crippen LogP contribution in [0.4, 0.5) is 0 Å². The van der Waals surface area contributed by atoms with Gasteiger partial charge in [-0.05, 0) is 43.3 Å². The summed E-state index contributed by atoms with van der Waals surface area (Å²) in [6.45, 7) is 2.04. The number of thioether (sulfide) groups is 1. The maximum Gasteiger partial charge on any atom is 0.258 e. The molecule has 1 aromatic carbocycles. The number of thiophene rings is 1. The van der Waals surface area contributed by atoms with Crippen molar-refractivity contribution in [1.82, 2.24) is 24.7 Å². The Bertz CT molecular complexity index is 1180. The fourth-order valence-electron chi connectivity index (χ4n) is 3.29. The topological polar surface area (TPSA) is 76.5 Å². The van der Waals surface area contributed by atoms with E-state index in [1.165, 1.54) is 17.7 Å². The normalized spacial score (nSPS) is 15.2. The summed E-state index contributed by atoms with van der Waals surface area (Å²) in [4.78, 5) is 21.3. The van der Waals surface area contributed by atoms with E-state index in [-0.39, 0.29) is 10.8 Å². The van der Waals surface area contributed by atoms with Crippen molar-refractivity contribution in [3.63, 3.8) is 0 Å². The van der Waals surface area contributed by atoms with Crippen molar-refractivity contribution in [2.24, 2.45) is 0 Å². The number of para-hydroxylation sites is 1. The minimum Gasteiger partial charge on any atom is -0.309 e. The van der Waals surface area contributed by atoms with Crippen molar-refractivity contribution in [2.45, 2.75) is 42.6 Å². The summed E-state index contributed by atoms with van der Waals surface area (Å²) >= 11 is 3.35. The zero-order valence-electron chi connectivity index (χ0n) is 15.3. The number of benzene rings is 1. The van der Waals surface area contributed by atoms with Gasteiger partial charge in [0.05, 0.1) is 16.2 Å². The molecule has 3 aromatic heterocycles. The SMILES string of the molecule is CC(Sc1nnc(Cc2cccs2)n1C1CC1)c1nc2ccccc2c(=O)[nH]1. The molecule has 28 heavy (non-hydrogen) atoms. The maximum absolute atomic E-state index is 12.4. The number of H-pyrrole nitrogens is 1. The standard InChI is InChI=1S/C20H19N5OS2/c1-12(18-21-16-7-3-2-6-15(16)19(26)22-18)28-20-24-23-17(25(20)13-8-9-13)11-14-5-4-10-27-14/h2-7,10,12-13H,8-9,11H2,1H3,(H,21,22,26). The number of hydrogen-bond donors (Lipinski definition) is 1. The summed E-state index contributed by atoms with van der Waals surface area (Å²) in [5, 5.41) is 12.5. The lowest BCUT2D eigenvalue weighted by Crippen LogP contribution is -2.13. The molecule has 1 N–H and O–H groups in total. The van der Waals surface area contributed by atoms with E-state index in [4.69, 9.17) is 0 Å². The van der Waals surface area contributed by atoms with Gasteiger partial charge in [-0.3, -0.25) is 4.79 Å². The van der Waals surface area contributed by atoms with Crippen LogP contribution >= 0.6 is 23.1 Å². The monoisotopic (exact) mass is 409 g/mol. The molecule has 0 spiro atoms. The third kappa shape index (κ3) is 3.38. The summed E-state index contributed by atoms with van der Waals surface area (Å²) in [5.74, 6) is 1.68. The van der Waals surface area contributed by atoms with Gasteiger partial charge in [0.15, 0.2) is 5.16 Å². The molecule has 142 valence electrons. The molecule has 1 aliphatic carbocycles. The van der Waals surface area contributed by atoms with E-state index in [1.807, 2.05) is 25.1 Å². The third-order valence-corrected chi connectivity index (χ3v) is 6.80. The van der Waals surface area contributed by atoms with Crippen molar-refractivity contribution in [3.8, 4) is 0 Å². The van der Waals surface area contributed by atoms with Crippen LogP contribution in [0, 0.1) is 0 Å². The highest BCUT2D eigenvalue weighted by atomic mass is 32.2. The van der Waals surface area contributed by atoms with E-state index < -0.39 is 0 Å². The molecule has 0 radical (unpaired) electrons. The predicted octanol–water partition coefficient (Wildman–Crippen LogP) is 4.36. The van der Waals surface area contributed by atoms with Crippen molar-refractivity contribution < 1.29 is 0 Å². The van der Waals surface area contributed by atoms with E-state index in [1.54, 1.807) is 29.2 Å². The van der Waals surface area contributed by atoms with E-state index >= 15 is 0 Å². The van der Waals surface area contributed by atoms with Crippen LogP contribution in [-0.2, 0) is 6.42 Å². The van der Waals surface area contributed by atoms with E-state index in [0.29, 0.717) is 17.3 Å². The lowest BCUT2D eigenvalue weighted by molar-refractivity contribution is 0.633. The van der Waals surface area contributed by atoms with Crippen LogP contribution < -0.4 is 5.56 Å². The molecule has 0 bridgehead atoms. The zero-order valence-corrected chi connectivity index (χ0v) is 17.0. The molecule has 6 nitrogen and oxygen atoms in total. The van der Waals surface area contributed by atoms with Crippen LogP contribution in [0.1, 0.15) is 47.6 Å². The summed E-state index contributed by atoms with van der Waals surface area (Å²) in [7, 11) is 0. The van der Waals surface area contributed by atoms with Gasteiger partial charge < -0.3 is 9.55 Å². The highest BCUT2D eigenvalue weighted by molar-refractivity contribution is 7.99. The second-order valence-electron chi connectivity index (χ2n) is 6.98. The van der Waals surface area contributed by atoms with Gasteiger partial charge in [0.1, 0.15) is 11.6 Å². The molecule has 8 heteroatoms. The number of rotatable bonds is 6. The summed E-state index contributed by atoms with van der Waals surface area (Å²) in [6.07, 6.45) is 3.14. The van der Waals surface area contributed by atoms with Crippen LogP contribution in [0.3, 0.4) is 0 Å². The molecule has 1 unspecified atom stereocenters. The first kappa shape index (κ1) is 17.6. The molecule has 1 saturated carbocycles. The molecule has 0 aliphatic heterocycles. The highest BCUT2D eigenvalue weighted by Crippen LogP contribution is 2.42. The van der Waals surface area contributed by atoms with Gasteiger partial charge in [-0.2, -0.15) is 0 Å². The number of aromatic nitrogens is 5. The lowest BCUT2D eigenvalue weighted by atomic mass is 10.2. The summed E-state index contributed by atoms with van der Waals surface area (Å²) in [5.41, 5.74) is 0.617. The Morgan fingerprint density at radius 1 is 1.25 bits per heavy atom. The number of fused-ring (bicyclic) bond motifs is 1. The Labute approximate surface area is 170 Å². The van der Waals surface area contributed by atoms with Gasteiger partial charge in [-0.1, -0.05) is 30.0 Å². The summed E-state index contributed by atoms with van der Waals surface area (Å²) in [6, 6.07) is 12.1. The van der Waals surface area contributed by atoms with E-state index in [9.17, 15) is 4.79 Å². The average molecular weight is 410 g/mol. The second kappa shape index (κ2) is 7.18. The molecule has 1 aliphatic rings. The first-order valence-electron chi connectivity index (χ1n) is 9.31. The number of nitrogens with one attached hydrogen (secondary N) is 1.